The lowest BCUT2D eigenvalue weighted by Crippen LogP contribution is -2.25. The second kappa shape index (κ2) is 5.19. The normalized spacial score (nSPS) is 17.9. The maximum Gasteiger partial charge on any atom is 0.124 e. The standard InChI is InChI=1S/C13H18BrNO/c1-9(15-2)12-8-10(14)6-7-13(12)16-11-4-3-5-11/h6-9,11,15H,3-5H2,1-2H3. The minimum atomic E-state index is 0.313. The number of nitrogens with one attached hydrogen (secondary N) is 1. The largest absolute Gasteiger partial charge is 0.490 e. The highest BCUT2D eigenvalue weighted by Crippen LogP contribution is 2.32. The maximum absolute atomic E-state index is 6.00. The zero-order valence-corrected chi connectivity index (χ0v) is 11.4. The molecule has 0 heterocycles. The molecule has 1 aromatic rings. The molecular formula is C13H18BrNO. The van der Waals surface area contributed by atoms with Gasteiger partial charge in [0.1, 0.15) is 5.75 Å². The fourth-order valence-electron chi connectivity index (χ4n) is 1.79. The molecule has 0 radical (unpaired) electrons. The van der Waals surface area contributed by atoms with Gasteiger partial charge in [-0.25, -0.2) is 0 Å². The first-order valence-electron chi connectivity index (χ1n) is 5.84. The number of rotatable bonds is 4. The molecule has 1 saturated carbocycles. The van der Waals surface area contributed by atoms with E-state index in [1.165, 1.54) is 24.8 Å². The number of benzene rings is 1. The molecule has 0 bridgehead atoms. The van der Waals surface area contributed by atoms with E-state index in [0.717, 1.165) is 10.2 Å². The summed E-state index contributed by atoms with van der Waals surface area (Å²) in [6.07, 6.45) is 4.13. The van der Waals surface area contributed by atoms with E-state index in [1.54, 1.807) is 0 Å². The van der Waals surface area contributed by atoms with Gasteiger partial charge in [0.2, 0.25) is 0 Å². The van der Waals surface area contributed by atoms with E-state index in [4.69, 9.17) is 4.74 Å². The van der Waals surface area contributed by atoms with Gasteiger partial charge in [0, 0.05) is 16.1 Å². The van der Waals surface area contributed by atoms with Crippen molar-refractivity contribution in [1.29, 1.82) is 0 Å². The molecule has 88 valence electrons. The van der Waals surface area contributed by atoms with Crippen molar-refractivity contribution in [2.45, 2.75) is 38.3 Å². The van der Waals surface area contributed by atoms with Crippen LogP contribution in [-0.2, 0) is 0 Å². The van der Waals surface area contributed by atoms with Gasteiger partial charge in [0.25, 0.3) is 0 Å². The van der Waals surface area contributed by atoms with E-state index >= 15 is 0 Å². The Bertz CT molecular complexity index is 363. The summed E-state index contributed by atoms with van der Waals surface area (Å²) in [7, 11) is 1.97. The van der Waals surface area contributed by atoms with Gasteiger partial charge in [-0.3, -0.25) is 0 Å². The van der Waals surface area contributed by atoms with Crippen LogP contribution >= 0.6 is 15.9 Å². The van der Waals surface area contributed by atoms with Crippen LogP contribution in [0.1, 0.15) is 37.8 Å². The molecule has 0 amide bonds. The summed E-state index contributed by atoms with van der Waals surface area (Å²) in [5.41, 5.74) is 1.23. The third kappa shape index (κ3) is 2.58. The summed E-state index contributed by atoms with van der Waals surface area (Å²) >= 11 is 3.51. The zero-order valence-electron chi connectivity index (χ0n) is 9.79. The minimum absolute atomic E-state index is 0.313. The molecule has 1 fully saturated rings. The van der Waals surface area contributed by atoms with Crippen LogP contribution in [0.3, 0.4) is 0 Å². The van der Waals surface area contributed by atoms with Crippen LogP contribution in [0.5, 0.6) is 5.75 Å². The van der Waals surface area contributed by atoms with Gasteiger partial charge < -0.3 is 10.1 Å². The first kappa shape index (κ1) is 11.9. The van der Waals surface area contributed by atoms with Crippen LogP contribution in [0.25, 0.3) is 0 Å². The summed E-state index contributed by atoms with van der Waals surface area (Å²) < 4.78 is 7.10. The molecule has 2 nitrogen and oxygen atoms in total. The number of halogens is 1. The van der Waals surface area contributed by atoms with Crippen molar-refractivity contribution in [3.05, 3.63) is 28.2 Å². The van der Waals surface area contributed by atoms with Crippen LogP contribution in [-0.4, -0.2) is 13.2 Å². The van der Waals surface area contributed by atoms with Crippen LogP contribution in [0, 0.1) is 0 Å². The molecule has 2 rings (SSSR count). The molecule has 0 saturated heterocycles. The van der Waals surface area contributed by atoms with Crippen LogP contribution < -0.4 is 10.1 Å². The van der Waals surface area contributed by atoms with Gasteiger partial charge in [0.15, 0.2) is 0 Å². The van der Waals surface area contributed by atoms with E-state index in [9.17, 15) is 0 Å². The fraction of sp³-hybridized carbons (Fsp3) is 0.538. The Labute approximate surface area is 106 Å². The van der Waals surface area contributed by atoms with Gasteiger partial charge in [0.05, 0.1) is 6.10 Å². The van der Waals surface area contributed by atoms with Crippen molar-refractivity contribution in [2.24, 2.45) is 0 Å². The Kier molecular flexibility index (Phi) is 3.87. The lowest BCUT2D eigenvalue weighted by molar-refractivity contribution is 0.118. The molecule has 0 aromatic heterocycles. The zero-order chi connectivity index (χ0) is 11.5. The van der Waals surface area contributed by atoms with Crippen molar-refractivity contribution < 1.29 is 4.74 Å². The van der Waals surface area contributed by atoms with Gasteiger partial charge >= 0.3 is 0 Å². The summed E-state index contributed by atoms with van der Waals surface area (Å²) in [4.78, 5) is 0. The second-order valence-corrected chi connectivity index (χ2v) is 5.28. The first-order chi connectivity index (χ1) is 7.70. The van der Waals surface area contributed by atoms with Crippen LogP contribution in [0.15, 0.2) is 22.7 Å². The van der Waals surface area contributed by atoms with Crippen molar-refractivity contribution in [2.75, 3.05) is 7.05 Å². The van der Waals surface area contributed by atoms with E-state index in [1.807, 2.05) is 13.1 Å². The Hall–Kier alpha value is -0.540. The van der Waals surface area contributed by atoms with E-state index < -0.39 is 0 Å². The third-order valence-corrected chi connectivity index (χ3v) is 3.71. The van der Waals surface area contributed by atoms with Gasteiger partial charge in [-0.1, -0.05) is 15.9 Å². The summed E-state index contributed by atoms with van der Waals surface area (Å²) in [6.45, 7) is 2.15. The third-order valence-electron chi connectivity index (χ3n) is 3.22. The Balaban J connectivity index is 2.20. The summed E-state index contributed by atoms with van der Waals surface area (Å²) in [6, 6.07) is 6.55. The molecular weight excluding hydrogens is 266 g/mol. The SMILES string of the molecule is CNC(C)c1cc(Br)ccc1OC1CCC1. The van der Waals surface area contributed by atoms with Crippen molar-refractivity contribution in [3.8, 4) is 5.75 Å². The maximum atomic E-state index is 6.00. The Morgan fingerprint density at radius 2 is 2.19 bits per heavy atom. The lowest BCUT2D eigenvalue weighted by Gasteiger charge is -2.28. The molecule has 0 spiro atoms. The highest BCUT2D eigenvalue weighted by atomic mass is 79.9. The van der Waals surface area contributed by atoms with Crippen molar-refractivity contribution >= 4 is 15.9 Å². The van der Waals surface area contributed by atoms with Crippen LogP contribution in [0.2, 0.25) is 0 Å². The summed E-state index contributed by atoms with van der Waals surface area (Å²) in [5.74, 6) is 1.02. The quantitative estimate of drug-likeness (QED) is 0.911. The van der Waals surface area contributed by atoms with E-state index in [0.29, 0.717) is 12.1 Å². The topological polar surface area (TPSA) is 21.3 Å². The molecule has 1 N–H and O–H groups in total. The molecule has 1 atom stereocenters. The fourth-order valence-corrected chi connectivity index (χ4v) is 2.17. The van der Waals surface area contributed by atoms with Gasteiger partial charge in [-0.2, -0.15) is 0 Å². The Morgan fingerprint density at radius 1 is 1.44 bits per heavy atom. The Morgan fingerprint density at radius 3 is 2.75 bits per heavy atom. The average Bonchev–Trinajstić information content (AvgIpc) is 2.23. The summed E-state index contributed by atoms with van der Waals surface area (Å²) in [5, 5.41) is 3.26. The molecule has 3 heteroatoms. The number of ether oxygens (including phenoxy) is 1. The van der Waals surface area contributed by atoms with E-state index in [2.05, 4.69) is 40.3 Å². The highest BCUT2D eigenvalue weighted by Gasteiger charge is 2.21. The average molecular weight is 284 g/mol. The molecule has 1 aliphatic rings. The minimum Gasteiger partial charge on any atom is -0.490 e. The van der Waals surface area contributed by atoms with Crippen molar-refractivity contribution in [3.63, 3.8) is 0 Å². The smallest absolute Gasteiger partial charge is 0.124 e. The predicted octanol–water partition coefficient (Wildman–Crippen LogP) is 3.66. The highest BCUT2D eigenvalue weighted by molar-refractivity contribution is 9.10. The molecule has 1 aliphatic carbocycles. The van der Waals surface area contributed by atoms with E-state index in [-0.39, 0.29) is 0 Å². The van der Waals surface area contributed by atoms with Crippen molar-refractivity contribution in [1.82, 2.24) is 5.32 Å². The predicted molar refractivity (Wildman–Crippen MR) is 69.9 cm³/mol. The number of hydrogen-bond donors (Lipinski definition) is 1. The molecule has 16 heavy (non-hydrogen) atoms. The molecule has 1 aromatic carbocycles. The monoisotopic (exact) mass is 283 g/mol. The number of hydrogen-bond acceptors (Lipinski definition) is 2. The second-order valence-electron chi connectivity index (χ2n) is 4.36. The first-order valence-corrected chi connectivity index (χ1v) is 6.63. The van der Waals surface area contributed by atoms with Crippen LogP contribution in [0.4, 0.5) is 0 Å². The molecule has 0 aliphatic heterocycles. The van der Waals surface area contributed by atoms with Gasteiger partial charge in [-0.15, -0.1) is 0 Å². The molecule has 1 unspecified atom stereocenters. The lowest BCUT2D eigenvalue weighted by atomic mass is 9.96. The van der Waals surface area contributed by atoms with Gasteiger partial charge in [-0.05, 0) is 51.4 Å².